The maximum atomic E-state index is 10.9. The van der Waals surface area contributed by atoms with Crippen LogP contribution < -0.4 is 0 Å². The number of hydrogen-bond donors (Lipinski definition) is 4. The van der Waals surface area contributed by atoms with Crippen molar-refractivity contribution < 1.29 is 29.6 Å². The van der Waals surface area contributed by atoms with Crippen molar-refractivity contribution in [3.63, 3.8) is 0 Å². The minimum atomic E-state index is -1.73. The monoisotopic (exact) mass is 216 g/mol. The lowest BCUT2D eigenvalue weighted by Crippen LogP contribution is -2.30. The molecule has 0 bridgehead atoms. The largest absolute Gasteiger partial charge is 0.461 e. The Kier molecular flexibility index (Phi) is 3.98. The number of aliphatic hydroxyl groups is 4. The van der Waals surface area contributed by atoms with Crippen LogP contribution in [0.5, 0.6) is 0 Å². The average molecular weight is 216 g/mol. The van der Waals surface area contributed by atoms with Gasteiger partial charge in [0, 0.05) is 0 Å². The molecule has 15 heavy (non-hydrogen) atoms. The molecule has 2 atom stereocenters. The molecule has 0 fully saturated rings. The quantitative estimate of drug-likeness (QED) is 0.488. The van der Waals surface area contributed by atoms with Crippen LogP contribution in [0.1, 0.15) is 17.6 Å². The van der Waals surface area contributed by atoms with Crippen molar-refractivity contribution in [1.29, 1.82) is 0 Å². The number of carbonyl (C=O) groups excluding carboxylic acids is 1. The average Bonchev–Trinajstić information content (AvgIpc) is 2.74. The van der Waals surface area contributed by atoms with Gasteiger partial charge in [-0.3, -0.25) is 4.79 Å². The van der Waals surface area contributed by atoms with Gasteiger partial charge in [0.05, 0.1) is 0 Å². The topological polar surface area (TPSA) is 111 Å². The van der Waals surface area contributed by atoms with Gasteiger partial charge in [-0.15, -0.1) is 0 Å². The summed E-state index contributed by atoms with van der Waals surface area (Å²) in [7, 11) is 0. The minimum absolute atomic E-state index is 0.0339. The molecule has 0 saturated heterocycles. The Morgan fingerprint density at radius 1 is 1.33 bits per heavy atom. The second-order valence-corrected chi connectivity index (χ2v) is 2.98. The van der Waals surface area contributed by atoms with Gasteiger partial charge in [-0.05, 0) is 12.1 Å². The summed E-state index contributed by atoms with van der Waals surface area (Å²) in [6.45, 7) is -1.19. The summed E-state index contributed by atoms with van der Waals surface area (Å²) < 4.78 is 4.92. The van der Waals surface area contributed by atoms with Gasteiger partial charge in [0.1, 0.15) is 36.9 Å². The molecular formula is C9H12O6. The van der Waals surface area contributed by atoms with Crippen LogP contribution in [0, 0.1) is 0 Å². The highest BCUT2D eigenvalue weighted by Crippen LogP contribution is 2.20. The van der Waals surface area contributed by atoms with Gasteiger partial charge in [-0.1, -0.05) is 0 Å². The van der Waals surface area contributed by atoms with E-state index in [0.29, 0.717) is 0 Å². The van der Waals surface area contributed by atoms with E-state index in [1.54, 1.807) is 0 Å². The SMILES string of the molecule is O=C(CO)C(O)C(O)c1ccc(CO)o1. The second kappa shape index (κ2) is 5.04. The van der Waals surface area contributed by atoms with E-state index < -0.39 is 24.6 Å². The predicted octanol–water partition coefficient (Wildman–Crippen LogP) is -1.27. The lowest BCUT2D eigenvalue weighted by molar-refractivity contribution is -0.136. The van der Waals surface area contributed by atoms with Gasteiger partial charge in [-0.2, -0.15) is 0 Å². The number of ketones is 1. The highest BCUT2D eigenvalue weighted by atomic mass is 16.4. The molecule has 0 saturated carbocycles. The molecule has 6 heteroatoms. The maximum absolute atomic E-state index is 10.9. The summed E-state index contributed by atoms with van der Waals surface area (Å²) in [4.78, 5) is 10.9. The fourth-order valence-electron chi connectivity index (χ4n) is 1.06. The Hall–Kier alpha value is -1.21. The predicted molar refractivity (Wildman–Crippen MR) is 47.7 cm³/mol. The van der Waals surface area contributed by atoms with E-state index in [4.69, 9.17) is 14.6 Å². The van der Waals surface area contributed by atoms with E-state index in [1.807, 2.05) is 0 Å². The second-order valence-electron chi connectivity index (χ2n) is 2.98. The van der Waals surface area contributed by atoms with Gasteiger partial charge < -0.3 is 24.8 Å². The first-order valence-corrected chi connectivity index (χ1v) is 4.29. The molecule has 1 heterocycles. The Labute approximate surface area is 85.4 Å². The van der Waals surface area contributed by atoms with Crippen molar-refractivity contribution in [2.45, 2.75) is 18.8 Å². The van der Waals surface area contributed by atoms with E-state index in [2.05, 4.69) is 0 Å². The molecule has 2 unspecified atom stereocenters. The van der Waals surface area contributed by atoms with E-state index in [0.717, 1.165) is 0 Å². The highest BCUT2D eigenvalue weighted by Gasteiger charge is 2.27. The Balaban J connectivity index is 2.75. The zero-order chi connectivity index (χ0) is 11.4. The molecule has 0 amide bonds. The molecule has 84 valence electrons. The third kappa shape index (κ3) is 2.63. The van der Waals surface area contributed by atoms with Crippen LogP contribution in [0.15, 0.2) is 16.5 Å². The smallest absolute Gasteiger partial charge is 0.189 e. The zero-order valence-corrected chi connectivity index (χ0v) is 7.83. The van der Waals surface area contributed by atoms with Crippen molar-refractivity contribution in [3.05, 3.63) is 23.7 Å². The molecule has 0 aliphatic rings. The fourth-order valence-corrected chi connectivity index (χ4v) is 1.06. The molecule has 1 rings (SSSR count). The van der Waals surface area contributed by atoms with E-state index in [1.165, 1.54) is 12.1 Å². The number of aliphatic hydroxyl groups excluding tert-OH is 4. The number of carbonyl (C=O) groups is 1. The molecule has 1 aromatic rings. The van der Waals surface area contributed by atoms with Crippen LogP contribution in [-0.2, 0) is 11.4 Å². The molecule has 0 aromatic carbocycles. The molecular weight excluding hydrogens is 204 g/mol. The minimum Gasteiger partial charge on any atom is -0.461 e. The first-order chi connectivity index (χ1) is 7.10. The highest BCUT2D eigenvalue weighted by molar-refractivity contribution is 5.84. The van der Waals surface area contributed by atoms with E-state index in [9.17, 15) is 15.0 Å². The molecule has 0 aliphatic heterocycles. The summed E-state index contributed by atoms with van der Waals surface area (Å²) in [5, 5.41) is 35.8. The molecule has 0 aliphatic carbocycles. The first kappa shape index (κ1) is 11.9. The summed E-state index contributed by atoms with van der Waals surface area (Å²) in [5.74, 6) is -0.717. The van der Waals surface area contributed by atoms with Crippen molar-refractivity contribution in [1.82, 2.24) is 0 Å². The van der Waals surface area contributed by atoms with Gasteiger partial charge in [0.2, 0.25) is 0 Å². The van der Waals surface area contributed by atoms with Crippen LogP contribution in [-0.4, -0.2) is 38.9 Å². The summed E-state index contributed by atoms with van der Waals surface area (Å²) in [5.41, 5.74) is 0. The molecule has 0 spiro atoms. The van der Waals surface area contributed by atoms with E-state index >= 15 is 0 Å². The number of Topliss-reactive ketones (excluding diaryl/α,β-unsaturated/α-hetero) is 1. The summed E-state index contributed by atoms with van der Waals surface area (Å²) in [6.07, 6.45) is -3.27. The Morgan fingerprint density at radius 3 is 2.47 bits per heavy atom. The number of hydrogen-bond acceptors (Lipinski definition) is 6. The molecule has 0 radical (unpaired) electrons. The third-order valence-corrected chi connectivity index (χ3v) is 1.91. The van der Waals surface area contributed by atoms with Crippen molar-refractivity contribution in [3.8, 4) is 0 Å². The molecule has 4 N–H and O–H groups in total. The Morgan fingerprint density at radius 2 is 2.00 bits per heavy atom. The number of furan rings is 1. The van der Waals surface area contributed by atoms with E-state index in [-0.39, 0.29) is 18.1 Å². The fraction of sp³-hybridized carbons (Fsp3) is 0.444. The van der Waals surface area contributed by atoms with Crippen LogP contribution >= 0.6 is 0 Å². The lowest BCUT2D eigenvalue weighted by Gasteiger charge is -2.13. The third-order valence-electron chi connectivity index (χ3n) is 1.91. The summed E-state index contributed by atoms with van der Waals surface area (Å²) >= 11 is 0. The molecule has 6 nitrogen and oxygen atoms in total. The standard InChI is InChI=1S/C9H12O6/c10-3-5-1-2-7(15-5)9(14)8(13)6(12)4-11/h1-2,8-11,13-14H,3-4H2. The van der Waals surface area contributed by atoms with Crippen LogP contribution in [0.4, 0.5) is 0 Å². The lowest BCUT2D eigenvalue weighted by atomic mass is 10.1. The van der Waals surface area contributed by atoms with Crippen LogP contribution in [0.2, 0.25) is 0 Å². The number of rotatable bonds is 5. The normalized spacial score (nSPS) is 14.9. The van der Waals surface area contributed by atoms with Crippen molar-refractivity contribution in [2.75, 3.05) is 6.61 Å². The Bertz CT molecular complexity index is 331. The zero-order valence-electron chi connectivity index (χ0n) is 7.83. The molecule has 1 aromatic heterocycles. The van der Waals surface area contributed by atoms with Crippen LogP contribution in [0.25, 0.3) is 0 Å². The maximum Gasteiger partial charge on any atom is 0.189 e. The van der Waals surface area contributed by atoms with Crippen molar-refractivity contribution >= 4 is 5.78 Å². The van der Waals surface area contributed by atoms with Crippen molar-refractivity contribution in [2.24, 2.45) is 0 Å². The van der Waals surface area contributed by atoms with Gasteiger partial charge in [0.25, 0.3) is 0 Å². The van der Waals surface area contributed by atoms with Crippen LogP contribution in [0.3, 0.4) is 0 Å². The first-order valence-electron chi connectivity index (χ1n) is 4.29. The summed E-state index contributed by atoms with van der Waals surface area (Å²) in [6, 6.07) is 2.75. The van der Waals surface area contributed by atoms with Gasteiger partial charge in [-0.25, -0.2) is 0 Å². The van der Waals surface area contributed by atoms with Gasteiger partial charge >= 0.3 is 0 Å². The van der Waals surface area contributed by atoms with Gasteiger partial charge in [0.15, 0.2) is 5.78 Å².